The summed E-state index contributed by atoms with van der Waals surface area (Å²) < 4.78 is 5.36. The lowest BCUT2D eigenvalue weighted by Gasteiger charge is -2.37. The largest absolute Gasteiger partial charge is 0.378 e. The fourth-order valence-corrected chi connectivity index (χ4v) is 3.14. The molecule has 3 rings (SSSR count). The molecular weight excluding hydrogens is 306 g/mol. The molecule has 1 aromatic carbocycles. The average molecular weight is 331 g/mol. The summed E-state index contributed by atoms with van der Waals surface area (Å²) in [6, 6.07) is 7.54. The standard InChI is InChI=1S/C18H25N3O3/c1-2-14-3-5-15(6-4-14)17(22)20-8-10-21(11-9-20)18(23)16-13-24-12-7-19-16/h3-6,16,19H,2,7-13H2,1H3. The Morgan fingerprint density at radius 2 is 1.79 bits per heavy atom. The van der Waals surface area contributed by atoms with Crippen molar-refractivity contribution in [3.05, 3.63) is 35.4 Å². The van der Waals surface area contributed by atoms with Gasteiger partial charge in [-0.25, -0.2) is 0 Å². The van der Waals surface area contributed by atoms with Crippen LogP contribution in [0.4, 0.5) is 0 Å². The average Bonchev–Trinajstić information content (AvgIpc) is 2.68. The number of nitrogens with one attached hydrogen (secondary N) is 1. The van der Waals surface area contributed by atoms with Crippen molar-refractivity contribution in [2.75, 3.05) is 45.9 Å². The molecule has 24 heavy (non-hydrogen) atoms. The second-order valence-corrected chi connectivity index (χ2v) is 6.25. The number of carbonyl (C=O) groups is 2. The van der Waals surface area contributed by atoms with E-state index >= 15 is 0 Å². The highest BCUT2D eigenvalue weighted by atomic mass is 16.5. The molecule has 1 unspecified atom stereocenters. The van der Waals surface area contributed by atoms with Gasteiger partial charge in [0.15, 0.2) is 0 Å². The van der Waals surface area contributed by atoms with Crippen molar-refractivity contribution < 1.29 is 14.3 Å². The third kappa shape index (κ3) is 3.76. The first-order chi connectivity index (χ1) is 11.7. The summed E-state index contributed by atoms with van der Waals surface area (Å²) in [4.78, 5) is 28.7. The third-order valence-electron chi connectivity index (χ3n) is 4.71. The van der Waals surface area contributed by atoms with Crippen LogP contribution in [-0.2, 0) is 16.0 Å². The predicted octanol–water partition coefficient (Wildman–Crippen LogP) is 0.522. The molecule has 2 fully saturated rings. The molecule has 2 saturated heterocycles. The summed E-state index contributed by atoms with van der Waals surface area (Å²) in [5.41, 5.74) is 1.94. The molecule has 1 aromatic rings. The van der Waals surface area contributed by atoms with Gasteiger partial charge < -0.3 is 19.9 Å². The zero-order chi connectivity index (χ0) is 16.9. The second-order valence-electron chi connectivity index (χ2n) is 6.25. The van der Waals surface area contributed by atoms with Gasteiger partial charge in [-0.2, -0.15) is 0 Å². The molecule has 2 aliphatic rings. The minimum Gasteiger partial charge on any atom is -0.378 e. The summed E-state index contributed by atoms with van der Waals surface area (Å²) in [6.07, 6.45) is 0.966. The molecule has 2 aliphatic heterocycles. The summed E-state index contributed by atoms with van der Waals surface area (Å²) in [7, 11) is 0. The Bertz CT molecular complexity index is 574. The number of carbonyl (C=O) groups excluding carboxylic acids is 2. The number of nitrogens with zero attached hydrogens (tertiary/aromatic N) is 2. The molecule has 130 valence electrons. The number of morpholine rings is 1. The predicted molar refractivity (Wildman–Crippen MR) is 90.9 cm³/mol. The molecular formula is C18H25N3O3. The highest BCUT2D eigenvalue weighted by Crippen LogP contribution is 2.12. The number of aryl methyl sites for hydroxylation is 1. The summed E-state index contributed by atoms with van der Waals surface area (Å²) in [5.74, 6) is 0.123. The number of rotatable bonds is 3. The Labute approximate surface area is 142 Å². The van der Waals surface area contributed by atoms with Gasteiger partial charge in [0.05, 0.1) is 13.2 Å². The van der Waals surface area contributed by atoms with Crippen LogP contribution in [0.2, 0.25) is 0 Å². The topological polar surface area (TPSA) is 61.9 Å². The van der Waals surface area contributed by atoms with Crippen LogP contribution in [0, 0.1) is 0 Å². The van der Waals surface area contributed by atoms with Crippen LogP contribution in [0.3, 0.4) is 0 Å². The van der Waals surface area contributed by atoms with Crippen molar-refractivity contribution in [2.45, 2.75) is 19.4 Å². The Hall–Kier alpha value is -1.92. The van der Waals surface area contributed by atoms with E-state index in [-0.39, 0.29) is 17.9 Å². The van der Waals surface area contributed by atoms with Gasteiger partial charge in [0.1, 0.15) is 6.04 Å². The fraction of sp³-hybridized carbons (Fsp3) is 0.556. The number of hydrogen-bond donors (Lipinski definition) is 1. The molecule has 1 atom stereocenters. The van der Waals surface area contributed by atoms with E-state index in [1.807, 2.05) is 34.1 Å². The molecule has 0 aromatic heterocycles. The van der Waals surface area contributed by atoms with E-state index in [2.05, 4.69) is 12.2 Å². The van der Waals surface area contributed by atoms with Gasteiger partial charge in [-0.3, -0.25) is 9.59 Å². The molecule has 0 spiro atoms. The van der Waals surface area contributed by atoms with Gasteiger partial charge >= 0.3 is 0 Å². The lowest BCUT2D eigenvalue weighted by molar-refractivity contribution is -0.137. The maximum Gasteiger partial charge on any atom is 0.253 e. The lowest BCUT2D eigenvalue weighted by atomic mass is 10.1. The molecule has 6 heteroatoms. The maximum absolute atomic E-state index is 12.6. The molecule has 2 heterocycles. The molecule has 0 saturated carbocycles. The fourth-order valence-electron chi connectivity index (χ4n) is 3.14. The van der Waals surface area contributed by atoms with E-state index in [4.69, 9.17) is 4.74 Å². The van der Waals surface area contributed by atoms with Gasteiger partial charge in [-0.15, -0.1) is 0 Å². The Morgan fingerprint density at radius 3 is 2.38 bits per heavy atom. The van der Waals surface area contributed by atoms with Crippen molar-refractivity contribution in [2.24, 2.45) is 0 Å². The number of piperazine rings is 1. The van der Waals surface area contributed by atoms with E-state index in [1.54, 1.807) is 0 Å². The zero-order valence-electron chi connectivity index (χ0n) is 14.2. The maximum atomic E-state index is 12.6. The van der Waals surface area contributed by atoms with E-state index in [0.717, 1.165) is 6.42 Å². The number of hydrogen-bond acceptors (Lipinski definition) is 4. The molecule has 1 N–H and O–H groups in total. The zero-order valence-corrected chi connectivity index (χ0v) is 14.2. The molecule has 2 amide bonds. The Balaban J connectivity index is 1.54. The highest BCUT2D eigenvalue weighted by molar-refractivity contribution is 5.94. The third-order valence-corrected chi connectivity index (χ3v) is 4.71. The molecule has 0 bridgehead atoms. The lowest BCUT2D eigenvalue weighted by Crippen LogP contribution is -2.57. The van der Waals surface area contributed by atoms with Crippen molar-refractivity contribution in [1.29, 1.82) is 0 Å². The van der Waals surface area contributed by atoms with Crippen LogP contribution in [0.5, 0.6) is 0 Å². The van der Waals surface area contributed by atoms with Crippen LogP contribution in [0.15, 0.2) is 24.3 Å². The quantitative estimate of drug-likeness (QED) is 0.877. The summed E-state index contributed by atoms with van der Waals surface area (Å²) >= 11 is 0. The van der Waals surface area contributed by atoms with E-state index in [0.29, 0.717) is 51.5 Å². The first-order valence-corrected chi connectivity index (χ1v) is 8.67. The van der Waals surface area contributed by atoms with Crippen LogP contribution in [0.25, 0.3) is 0 Å². The minimum atomic E-state index is -0.248. The smallest absolute Gasteiger partial charge is 0.253 e. The van der Waals surface area contributed by atoms with Gasteiger partial charge in [0.25, 0.3) is 5.91 Å². The SMILES string of the molecule is CCc1ccc(C(=O)N2CCN(C(=O)C3COCCN3)CC2)cc1. The highest BCUT2D eigenvalue weighted by Gasteiger charge is 2.30. The van der Waals surface area contributed by atoms with Crippen LogP contribution >= 0.6 is 0 Å². The number of benzene rings is 1. The van der Waals surface area contributed by atoms with Crippen LogP contribution in [0.1, 0.15) is 22.8 Å². The molecule has 6 nitrogen and oxygen atoms in total. The minimum absolute atomic E-state index is 0.0453. The second kappa shape index (κ2) is 7.77. The van der Waals surface area contributed by atoms with E-state index < -0.39 is 0 Å². The van der Waals surface area contributed by atoms with Gasteiger partial charge in [0, 0.05) is 38.3 Å². The van der Waals surface area contributed by atoms with Crippen LogP contribution in [-0.4, -0.2) is 73.6 Å². The monoisotopic (exact) mass is 331 g/mol. The first kappa shape index (κ1) is 16.9. The van der Waals surface area contributed by atoms with Gasteiger partial charge in [0.2, 0.25) is 5.91 Å². The summed E-state index contributed by atoms with van der Waals surface area (Å²) in [5, 5.41) is 3.19. The van der Waals surface area contributed by atoms with Crippen LogP contribution < -0.4 is 5.32 Å². The number of amides is 2. The Morgan fingerprint density at radius 1 is 1.12 bits per heavy atom. The van der Waals surface area contributed by atoms with Gasteiger partial charge in [-0.05, 0) is 24.1 Å². The first-order valence-electron chi connectivity index (χ1n) is 8.67. The van der Waals surface area contributed by atoms with E-state index in [9.17, 15) is 9.59 Å². The van der Waals surface area contributed by atoms with Crippen molar-refractivity contribution in [3.8, 4) is 0 Å². The summed E-state index contributed by atoms with van der Waals surface area (Å²) in [6.45, 7) is 6.21. The molecule has 0 aliphatic carbocycles. The van der Waals surface area contributed by atoms with E-state index in [1.165, 1.54) is 5.56 Å². The van der Waals surface area contributed by atoms with Crippen molar-refractivity contribution >= 4 is 11.8 Å². The van der Waals surface area contributed by atoms with Crippen molar-refractivity contribution in [3.63, 3.8) is 0 Å². The normalized spacial score (nSPS) is 21.6. The van der Waals surface area contributed by atoms with Gasteiger partial charge in [-0.1, -0.05) is 19.1 Å². The van der Waals surface area contributed by atoms with Crippen molar-refractivity contribution in [1.82, 2.24) is 15.1 Å². The number of ether oxygens (including phenoxy) is 1. The molecule has 0 radical (unpaired) electrons. The Kier molecular flexibility index (Phi) is 5.48.